The minimum absolute atomic E-state index is 0.0701. The van der Waals surface area contributed by atoms with E-state index in [0.29, 0.717) is 0 Å². The summed E-state index contributed by atoms with van der Waals surface area (Å²) < 4.78 is 43.2. The Bertz CT molecular complexity index is 760. The molecule has 4 nitrogen and oxygen atoms in total. The van der Waals surface area contributed by atoms with Crippen molar-refractivity contribution in [3.05, 3.63) is 66.2 Å². The van der Waals surface area contributed by atoms with Crippen LogP contribution in [0.25, 0.3) is 6.08 Å². The van der Waals surface area contributed by atoms with Crippen LogP contribution < -0.4 is 9.47 Å². The summed E-state index contributed by atoms with van der Waals surface area (Å²) in [6.45, 7) is 8.68. The predicted molar refractivity (Wildman–Crippen MR) is 94.4 cm³/mol. The summed E-state index contributed by atoms with van der Waals surface area (Å²) in [6.07, 6.45) is -2.82. The topological polar surface area (TPSA) is 44.8 Å². The van der Waals surface area contributed by atoms with E-state index in [1.54, 1.807) is 26.8 Å². The molecule has 2 aromatic rings. The molecule has 2 rings (SSSR count). The average molecular weight is 362 g/mol. The first-order chi connectivity index (χ1) is 12.1. The Labute approximate surface area is 151 Å². The number of hydrogen-bond acceptors (Lipinski definition) is 4. The van der Waals surface area contributed by atoms with Crippen LogP contribution in [0.4, 0.5) is 13.6 Å². The Morgan fingerprint density at radius 3 is 2.00 bits per heavy atom. The van der Waals surface area contributed by atoms with Crippen molar-refractivity contribution in [2.24, 2.45) is 0 Å². The maximum absolute atomic E-state index is 14.2. The Morgan fingerprint density at radius 1 is 0.962 bits per heavy atom. The van der Waals surface area contributed by atoms with Gasteiger partial charge in [0.25, 0.3) is 0 Å². The molecule has 0 saturated heterocycles. The summed E-state index contributed by atoms with van der Waals surface area (Å²) >= 11 is 0. The molecule has 0 spiro atoms. The molecule has 0 saturated carbocycles. The van der Waals surface area contributed by atoms with Crippen LogP contribution in [-0.4, -0.2) is 11.8 Å². The summed E-state index contributed by atoms with van der Waals surface area (Å²) in [6, 6.07) is 10.9. The number of ether oxygens (including phenoxy) is 3. The average Bonchev–Trinajstić information content (AvgIpc) is 2.55. The molecule has 0 bridgehead atoms. The summed E-state index contributed by atoms with van der Waals surface area (Å²) in [4.78, 5) is 11.6. The second kappa shape index (κ2) is 7.56. The third-order valence-electron chi connectivity index (χ3n) is 3.14. The van der Waals surface area contributed by atoms with Gasteiger partial charge in [-0.05, 0) is 62.7 Å². The van der Waals surface area contributed by atoms with Crippen molar-refractivity contribution in [2.45, 2.75) is 32.5 Å². The molecule has 0 fully saturated rings. The second-order valence-electron chi connectivity index (χ2n) is 6.48. The first kappa shape index (κ1) is 19.4. The SMILES string of the molecule is C=Cc1ccc(C(F)(F)Oc2ccc(OC(=O)OC(C)(C)C)cc2)cc1. The van der Waals surface area contributed by atoms with E-state index in [0.717, 1.165) is 5.56 Å². The zero-order valence-corrected chi connectivity index (χ0v) is 14.8. The quantitative estimate of drug-likeness (QED) is 0.500. The maximum atomic E-state index is 14.2. The van der Waals surface area contributed by atoms with Crippen LogP contribution >= 0.6 is 0 Å². The second-order valence-corrected chi connectivity index (χ2v) is 6.48. The van der Waals surface area contributed by atoms with Crippen molar-refractivity contribution >= 4 is 12.2 Å². The van der Waals surface area contributed by atoms with Gasteiger partial charge in [-0.15, -0.1) is 0 Å². The molecule has 0 radical (unpaired) electrons. The molecule has 2 aromatic carbocycles. The fraction of sp³-hybridized carbons (Fsp3) is 0.250. The number of carbonyl (C=O) groups excluding carboxylic acids is 1. The van der Waals surface area contributed by atoms with Gasteiger partial charge in [0, 0.05) is 0 Å². The smallest absolute Gasteiger partial charge is 0.429 e. The summed E-state index contributed by atoms with van der Waals surface area (Å²) in [7, 11) is 0. The fourth-order valence-corrected chi connectivity index (χ4v) is 1.96. The molecule has 6 heteroatoms. The van der Waals surface area contributed by atoms with E-state index in [1.165, 1.54) is 48.5 Å². The Kier molecular flexibility index (Phi) is 5.65. The van der Waals surface area contributed by atoms with E-state index in [1.807, 2.05) is 0 Å². The number of hydrogen-bond donors (Lipinski definition) is 0. The molecule has 0 aliphatic heterocycles. The minimum atomic E-state index is -3.51. The van der Waals surface area contributed by atoms with Crippen LogP contribution in [0.5, 0.6) is 11.5 Å². The zero-order chi connectivity index (χ0) is 19.4. The largest absolute Gasteiger partial charge is 0.514 e. The normalized spacial score (nSPS) is 11.6. The number of halogens is 2. The minimum Gasteiger partial charge on any atom is -0.429 e. The van der Waals surface area contributed by atoms with Crippen molar-refractivity contribution in [1.82, 2.24) is 0 Å². The first-order valence-electron chi connectivity index (χ1n) is 7.90. The van der Waals surface area contributed by atoms with Crippen LogP contribution in [0.3, 0.4) is 0 Å². The van der Waals surface area contributed by atoms with Crippen molar-refractivity contribution in [3.63, 3.8) is 0 Å². The van der Waals surface area contributed by atoms with Crippen LogP contribution in [0.1, 0.15) is 31.9 Å². The van der Waals surface area contributed by atoms with Crippen LogP contribution in [-0.2, 0) is 10.8 Å². The first-order valence-corrected chi connectivity index (χ1v) is 7.90. The standard InChI is InChI=1S/C20H20F2O4/c1-5-14-6-8-15(9-7-14)20(21,22)25-17-12-10-16(11-13-17)24-18(23)26-19(2,3)4/h5-13H,1H2,2-4H3. The zero-order valence-electron chi connectivity index (χ0n) is 14.8. The van der Waals surface area contributed by atoms with E-state index >= 15 is 0 Å². The lowest BCUT2D eigenvalue weighted by Crippen LogP contribution is -2.26. The van der Waals surface area contributed by atoms with Gasteiger partial charge in [-0.3, -0.25) is 0 Å². The molecule has 0 aromatic heterocycles. The molecule has 0 aliphatic rings. The number of carbonyl (C=O) groups is 1. The van der Waals surface area contributed by atoms with Crippen molar-refractivity contribution in [2.75, 3.05) is 0 Å². The van der Waals surface area contributed by atoms with Gasteiger partial charge in [0.15, 0.2) is 0 Å². The van der Waals surface area contributed by atoms with Crippen LogP contribution in [0, 0.1) is 0 Å². The lowest BCUT2D eigenvalue weighted by Gasteiger charge is -2.19. The summed E-state index contributed by atoms with van der Waals surface area (Å²) in [5, 5.41) is 0. The highest BCUT2D eigenvalue weighted by molar-refractivity contribution is 5.64. The molecule has 0 amide bonds. The lowest BCUT2D eigenvalue weighted by molar-refractivity contribution is -0.185. The molecule has 0 aliphatic carbocycles. The Morgan fingerprint density at radius 2 is 1.50 bits per heavy atom. The highest BCUT2D eigenvalue weighted by Crippen LogP contribution is 2.32. The van der Waals surface area contributed by atoms with Gasteiger partial charge in [0.05, 0.1) is 5.56 Å². The molecule has 138 valence electrons. The number of benzene rings is 2. The van der Waals surface area contributed by atoms with E-state index in [4.69, 9.17) is 14.2 Å². The van der Waals surface area contributed by atoms with E-state index in [-0.39, 0.29) is 17.1 Å². The number of alkyl halides is 2. The highest BCUT2D eigenvalue weighted by Gasteiger charge is 2.34. The van der Waals surface area contributed by atoms with Crippen molar-refractivity contribution in [1.29, 1.82) is 0 Å². The van der Waals surface area contributed by atoms with Crippen molar-refractivity contribution in [3.8, 4) is 11.5 Å². The van der Waals surface area contributed by atoms with Gasteiger partial charge in [0.2, 0.25) is 0 Å². The molecule has 0 N–H and O–H groups in total. The van der Waals surface area contributed by atoms with E-state index < -0.39 is 17.9 Å². The third kappa shape index (κ3) is 5.58. The highest BCUT2D eigenvalue weighted by atomic mass is 19.3. The molecule has 0 unspecified atom stereocenters. The van der Waals surface area contributed by atoms with Crippen LogP contribution in [0.2, 0.25) is 0 Å². The Balaban J connectivity index is 2.03. The summed E-state index contributed by atoms with van der Waals surface area (Å²) in [5.74, 6) is 0.0876. The van der Waals surface area contributed by atoms with Crippen molar-refractivity contribution < 1.29 is 27.8 Å². The molecule has 26 heavy (non-hydrogen) atoms. The van der Waals surface area contributed by atoms with E-state index in [2.05, 4.69) is 6.58 Å². The maximum Gasteiger partial charge on any atom is 0.514 e. The van der Waals surface area contributed by atoms with Gasteiger partial charge < -0.3 is 14.2 Å². The molecular formula is C20H20F2O4. The monoisotopic (exact) mass is 362 g/mol. The lowest BCUT2D eigenvalue weighted by atomic mass is 10.1. The Hall–Kier alpha value is -2.89. The van der Waals surface area contributed by atoms with Crippen LogP contribution in [0.15, 0.2) is 55.1 Å². The molecule has 0 atom stereocenters. The third-order valence-corrected chi connectivity index (χ3v) is 3.14. The van der Waals surface area contributed by atoms with Gasteiger partial charge >= 0.3 is 12.3 Å². The van der Waals surface area contributed by atoms with E-state index in [9.17, 15) is 13.6 Å². The molecular weight excluding hydrogens is 342 g/mol. The van der Waals surface area contributed by atoms with Gasteiger partial charge in [-0.1, -0.05) is 24.8 Å². The summed E-state index contributed by atoms with van der Waals surface area (Å²) in [5.41, 5.74) is -0.242. The predicted octanol–water partition coefficient (Wildman–Crippen LogP) is 5.77. The van der Waals surface area contributed by atoms with Gasteiger partial charge in [0.1, 0.15) is 17.1 Å². The number of rotatable bonds is 5. The van der Waals surface area contributed by atoms with Gasteiger partial charge in [-0.2, -0.15) is 8.78 Å². The molecule has 0 heterocycles. The fourth-order valence-electron chi connectivity index (χ4n) is 1.96. The van der Waals surface area contributed by atoms with Gasteiger partial charge in [-0.25, -0.2) is 4.79 Å².